The third-order valence-corrected chi connectivity index (χ3v) is 5.89. The number of fused-ring (bicyclic) bond motifs is 1. The molecule has 2 N–H and O–H groups in total. The van der Waals surface area contributed by atoms with Gasteiger partial charge >= 0.3 is 0 Å². The Balaban J connectivity index is 1.72. The standard InChI is InChI=1S/C27H26ClN3O4/c1-17-4-8-21(9-5-17)29-15-19-12-18-13-24(34-2)25(35-3)14-23(18)31(27(19)33)16-26(32)30-22-10-6-20(28)7-11-22/h4-14,29H,15-16H2,1-3H3,(H,30,32). The summed E-state index contributed by atoms with van der Waals surface area (Å²) in [6.07, 6.45) is 0. The number of amides is 1. The molecule has 0 saturated heterocycles. The number of benzene rings is 3. The molecule has 3 aromatic carbocycles. The van der Waals surface area contributed by atoms with Crippen molar-refractivity contribution in [3.05, 3.63) is 93.2 Å². The van der Waals surface area contributed by atoms with Gasteiger partial charge in [-0.15, -0.1) is 0 Å². The molecule has 1 amide bonds. The van der Waals surface area contributed by atoms with Crippen molar-refractivity contribution in [2.24, 2.45) is 0 Å². The molecule has 0 radical (unpaired) electrons. The van der Waals surface area contributed by atoms with Crippen molar-refractivity contribution >= 4 is 39.8 Å². The van der Waals surface area contributed by atoms with Crippen LogP contribution in [0.15, 0.2) is 71.5 Å². The largest absolute Gasteiger partial charge is 0.493 e. The zero-order valence-electron chi connectivity index (χ0n) is 19.7. The molecule has 0 saturated carbocycles. The van der Waals surface area contributed by atoms with Gasteiger partial charge in [0.15, 0.2) is 11.5 Å². The highest BCUT2D eigenvalue weighted by atomic mass is 35.5. The SMILES string of the molecule is COc1cc2cc(CNc3ccc(C)cc3)c(=O)n(CC(=O)Nc3ccc(Cl)cc3)c2cc1OC. The Morgan fingerprint density at radius 1 is 0.914 bits per heavy atom. The molecule has 35 heavy (non-hydrogen) atoms. The Labute approximate surface area is 208 Å². The summed E-state index contributed by atoms with van der Waals surface area (Å²) in [7, 11) is 3.08. The van der Waals surface area contributed by atoms with Crippen LogP contribution < -0.4 is 25.7 Å². The van der Waals surface area contributed by atoms with E-state index in [9.17, 15) is 9.59 Å². The van der Waals surface area contributed by atoms with E-state index >= 15 is 0 Å². The Bertz CT molecular complexity index is 1410. The van der Waals surface area contributed by atoms with Crippen molar-refractivity contribution in [1.82, 2.24) is 4.57 Å². The number of carbonyl (C=O) groups excluding carboxylic acids is 1. The van der Waals surface area contributed by atoms with Gasteiger partial charge in [-0.25, -0.2) is 0 Å². The van der Waals surface area contributed by atoms with Crippen molar-refractivity contribution < 1.29 is 14.3 Å². The number of halogens is 1. The van der Waals surface area contributed by atoms with E-state index in [4.69, 9.17) is 21.1 Å². The Morgan fingerprint density at radius 2 is 1.54 bits per heavy atom. The molecule has 4 rings (SSSR count). The van der Waals surface area contributed by atoms with Gasteiger partial charge in [0.2, 0.25) is 5.91 Å². The highest BCUT2D eigenvalue weighted by Crippen LogP contribution is 2.32. The third-order valence-electron chi connectivity index (χ3n) is 5.64. The van der Waals surface area contributed by atoms with Crippen LogP contribution in [0.4, 0.5) is 11.4 Å². The lowest BCUT2D eigenvalue weighted by Crippen LogP contribution is -2.30. The molecule has 0 spiro atoms. The first-order valence-electron chi connectivity index (χ1n) is 11.0. The summed E-state index contributed by atoms with van der Waals surface area (Å²) in [6, 6.07) is 20.0. The molecule has 0 aliphatic heterocycles. The molecule has 8 heteroatoms. The van der Waals surface area contributed by atoms with Crippen molar-refractivity contribution in [3.63, 3.8) is 0 Å². The fourth-order valence-corrected chi connectivity index (χ4v) is 3.92. The fraction of sp³-hybridized carbons (Fsp3) is 0.185. The van der Waals surface area contributed by atoms with Crippen LogP contribution in [0, 0.1) is 6.92 Å². The lowest BCUT2D eigenvalue weighted by molar-refractivity contribution is -0.116. The zero-order chi connectivity index (χ0) is 24.9. The maximum absolute atomic E-state index is 13.5. The molecule has 180 valence electrons. The van der Waals surface area contributed by atoms with Crippen LogP contribution in [-0.4, -0.2) is 24.7 Å². The van der Waals surface area contributed by atoms with E-state index in [2.05, 4.69) is 10.6 Å². The number of hydrogen-bond acceptors (Lipinski definition) is 5. The first-order valence-corrected chi connectivity index (χ1v) is 11.4. The lowest BCUT2D eigenvalue weighted by Gasteiger charge is -2.16. The van der Waals surface area contributed by atoms with Gasteiger partial charge in [-0.2, -0.15) is 0 Å². The van der Waals surface area contributed by atoms with Crippen LogP contribution >= 0.6 is 11.6 Å². The predicted octanol–water partition coefficient (Wildman–Crippen LogP) is 5.23. The average Bonchev–Trinajstić information content (AvgIpc) is 2.86. The summed E-state index contributed by atoms with van der Waals surface area (Å²) < 4.78 is 12.3. The molecule has 1 heterocycles. The summed E-state index contributed by atoms with van der Waals surface area (Å²) in [5.41, 5.74) is 3.46. The van der Waals surface area contributed by atoms with E-state index in [1.165, 1.54) is 11.7 Å². The number of aromatic nitrogens is 1. The number of hydrogen-bond donors (Lipinski definition) is 2. The zero-order valence-corrected chi connectivity index (χ0v) is 20.5. The maximum Gasteiger partial charge on any atom is 0.256 e. The summed E-state index contributed by atoms with van der Waals surface area (Å²) >= 11 is 5.93. The molecule has 0 bridgehead atoms. The number of nitrogens with zero attached hydrogens (tertiary/aromatic N) is 1. The number of anilines is 2. The maximum atomic E-state index is 13.5. The lowest BCUT2D eigenvalue weighted by atomic mass is 10.1. The minimum absolute atomic E-state index is 0.175. The summed E-state index contributed by atoms with van der Waals surface area (Å²) in [4.78, 5) is 26.4. The molecular weight excluding hydrogens is 466 g/mol. The van der Waals surface area contributed by atoms with E-state index in [0.29, 0.717) is 39.8 Å². The van der Waals surface area contributed by atoms with Gasteiger partial charge in [-0.05, 0) is 55.5 Å². The highest BCUT2D eigenvalue weighted by Gasteiger charge is 2.16. The van der Waals surface area contributed by atoms with Gasteiger partial charge in [0.1, 0.15) is 6.54 Å². The van der Waals surface area contributed by atoms with Gasteiger partial charge in [-0.1, -0.05) is 29.3 Å². The summed E-state index contributed by atoms with van der Waals surface area (Å²) in [6.45, 7) is 2.14. The van der Waals surface area contributed by atoms with Crippen molar-refractivity contribution in [2.75, 3.05) is 24.9 Å². The molecule has 0 aliphatic carbocycles. The van der Waals surface area contributed by atoms with E-state index in [1.807, 2.05) is 37.3 Å². The van der Waals surface area contributed by atoms with Crippen molar-refractivity contribution in [2.45, 2.75) is 20.0 Å². The number of aryl methyl sites for hydroxylation is 1. The first kappa shape index (κ1) is 24.2. The molecule has 0 unspecified atom stereocenters. The van der Waals surface area contributed by atoms with Gasteiger partial charge in [0.05, 0.1) is 19.7 Å². The van der Waals surface area contributed by atoms with E-state index in [0.717, 1.165) is 16.6 Å². The third kappa shape index (κ3) is 5.58. The van der Waals surface area contributed by atoms with Crippen LogP contribution in [0.25, 0.3) is 10.9 Å². The average molecular weight is 492 g/mol. The monoisotopic (exact) mass is 491 g/mol. The van der Waals surface area contributed by atoms with Crippen LogP contribution in [0.5, 0.6) is 11.5 Å². The van der Waals surface area contributed by atoms with Crippen LogP contribution in [0.1, 0.15) is 11.1 Å². The number of nitrogens with one attached hydrogen (secondary N) is 2. The normalized spacial score (nSPS) is 10.7. The van der Waals surface area contributed by atoms with E-state index in [-0.39, 0.29) is 18.0 Å². The summed E-state index contributed by atoms with van der Waals surface area (Å²) in [5, 5.41) is 7.42. The predicted molar refractivity (Wildman–Crippen MR) is 140 cm³/mol. The highest BCUT2D eigenvalue weighted by molar-refractivity contribution is 6.30. The van der Waals surface area contributed by atoms with Gasteiger partial charge in [-0.3, -0.25) is 14.2 Å². The minimum Gasteiger partial charge on any atom is -0.493 e. The topological polar surface area (TPSA) is 81.6 Å². The van der Waals surface area contributed by atoms with Gasteiger partial charge in [0.25, 0.3) is 5.56 Å². The molecular formula is C27H26ClN3O4. The number of carbonyl (C=O) groups is 1. The number of ether oxygens (including phenoxy) is 2. The quantitative estimate of drug-likeness (QED) is 0.352. The number of pyridine rings is 1. The number of rotatable bonds is 8. The second kappa shape index (κ2) is 10.5. The Morgan fingerprint density at radius 3 is 2.20 bits per heavy atom. The molecule has 1 aromatic heterocycles. The summed E-state index contributed by atoms with van der Waals surface area (Å²) in [5.74, 6) is 0.666. The molecule has 0 atom stereocenters. The second-order valence-corrected chi connectivity index (χ2v) is 8.54. The van der Waals surface area contributed by atoms with E-state index < -0.39 is 0 Å². The Hall–Kier alpha value is -3.97. The molecule has 0 aliphatic rings. The number of methoxy groups -OCH3 is 2. The van der Waals surface area contributed by atoms with Crippen molar-refractivity contribution in [3.8, 4) is 11.5 Å². The fourth-order valence-electron chi connectivity index (χ4n) is 3.80. The van der Waals surface area contributed by atoms with Crippen LogP contribution in [-0.2, 0) is 17.9 Å². The van der Waals surface area contributed by atoms with Crippen LogP contribution in [0.3, 0.4) is 0 Å². The first-order chi connectivity index (χ1) is 16.9. The van der Waals surface area contributed by atoms with E-state index in [1.54, 1.807) is 43.5 Å². The molecule has 4 aromatic rings. The van der Waals surface area contributed by atoms with Gasteiger partial charge < -0.3 is 20.1 Å². The Kier molecular flexibility index (Phi) is 7.27. The van der Waals surface area contributed by atoms with Crippen LogP contribution in [0.2, 0.25) is 5.02 Å². The second-order valence-electron chi connectivity index (χ2n) is 8.10. The molecule has 7 nitrogen and oxygen atoms in total. The van der Waals surface area contributed by atoms with Gasteiger partial charge in [0, 0.05) is 40.0 Å². The minimum atomic E-state index is -0.339. The smallest absolute Gasteiger partial charge is 0.256 e. The molecule has 0 fully saturated rings. The van der Waals surface area contributed by atoms with Crippen molar-refractivity contribution in [1.29, 1.82) is 0 Å².